The van der Waals surface area contributed by atoms with Gasteiger partial charge < -0.3 is 4.74 Å². The van der Waals surface area contributed by atoms with Crippen LogP contribution in [0.1, 0.15) is 12.5 Å². The highest BCUT2D eigenvalue weighted by atomic mass is 19.2. The number of carbonyl (C=O) groups is 1. The van der Waals surface area contributed by atoms with E-state index in [2.05, 4.69) is 31.1 Å². The Morgan fingerprint density at radius 1 is 1.08 bits per heavy atom. The zero-order valence-corrected chi connectivity index (χ0v) is 13.7. The van der Waals surface area contributed by atoms with Crippen molar-refractivity contribution in [3.05, 3.63) is 103 Å². The van der Waals surface area contributed by atoms with Crippen molar-refractivity contribution in [1.29, 1.82) is 0 Å². The zero-order chi connectivity index (χ0) is 19.1. The van der Waals surface area contributed by atoms with E-state index in [1.807, 2.05) is 0 Å². The third-order valence-electron chi connectivity index (χ3n) is 3.01. The molecule has 0 amide bonds. The largest absolute Gasteiger partial charge is 0.427 e. The van der Waals surface area contributed by atoms with Crippen LogP contribution in [0.15, 0.2) is 85.5 Å². The number of carbonyl (C=O) groups excluding carboxylic acids is 1. The van der Waals surface area contributed by atoms with Crippen LogP contribution in [0.5, 0.6) is 0 Å². The molecule has 1 rings (SSSR count). The number of ether oxygens (including phenoxy) is 1. The molecule has 0 atom stereocenters. The second kappa shape index (κ2) is 8.68. The fourth-order valence-electron chi connectivity index (χ4n) is 1.69. The van der Waals surface area contributed by atoms with E-state index in [-0.39, 0.29) is 16.9 Å². The third kappa shape index (κ3) is 6.14. The van der Waals surface area contributed by atoms with E-state index in [0.29, 0.717) is 11.1 Å². The minimum atomic E-state index is -0.992. The average molecular weight is 346 g/mol. The van der Waals surface area contributed by atoms with Gasteiger partial charge in [0.2, 0.25) is 0 Å². The van der Waals surface area contributed by atoms with Gasteiger partial charge in [0.05, 0.1) is 0 Å². The Balaban J connectivity index is 2.81. The maximum atomic E-state index is 14.0. The first-order valence-corrected chi connectivity index (χ1v) is 7.07. The van der Waals surface area contributed by atoms with Crippen molar-refractivity contribution in [3.8, 4) is 0 Å². The van der Waals surface area contributed by atoms with Crippen LogP contribution in [0.2, 0.25) is 0 Å². The van der Waals surface area contributed by atoms with Crippen molar-refractivity contribution in [2.75, 3.05) is 0 Å². The molecule has 0 aliphatic carbocycles. The number of hydrogen-bond donors (Lipinski definition) is 0. The molecule has 0 aliphatic heterocycles. The highest BCUT2D eigenvalue weighted by Crippen LogP contribution is 2.22. The van der Waals surface area contributed by atoms with Crippen molar-refractivity contribution >= 4 is 11.5 Å². The molecular weight excluding hydrogens is 329 g/mol. The van der Waals surface area contributed by atoms with Gasteiger partial charge in [-0.3, -0.25) is 4.79 Å². The Morgan fingerprint density at radius 3 is 2.28 bits per heavy atom. The van der Waals surface area contributed by atoms with Crippen LogP contribution in [0.3, 0.4) is 0 Å². The van der Waals surface area contributed by atoms with E-state index in [0.717, 1.165) is 25.1 Å². The summed E-state index contributed by atoms with van der Waals surface area (Å²) >= 11 is 0. The average Bonchev–Trinajstić information content (AvgIpc) is 2.53. The van der Waals surface area contributed by atoms with Gasteiger partial charge in [0.25, 0.3) is 0 Å². The first kappa shape index (κ1) is 20.0. The molecule has 130 valence electrons. The summed E-state index contributed by atoms with van der Waals surface area (Å²) < 4.78 is 44.7. The Bertz CT molecular complexity index is 814. The number of hydrogen-bond acceptors (Lipinski definition) is 2. The van der Waals surface area contributed by atoms with Crippen LogP contribution in [-0.4, -0.2) is 5.97 Å². The lowest BCUT2D eigenvalue weighted by Crippen LogP contribution is -1.96. The smallest absolute Gasteiger partial charge is 0.308 e. The molecule has 0 heterocycles. The first-order chi connectivity index (χ1) is 11.6. The van der Waals surface area contributed by atoms with Crippen LogP contribution in [-0.2, 0) is 9.53 Å². The van der Waals surface area contributed by atoms with Gasteiger partial charge in [-0.15, -0.1) is 0 Å². The molecule has 0 bridgehead atoms. The van der Waals surface area contributed by atoms with Crippen LogP contribution in [0.4, 0.5) is 13.2 Å². The topological polar surface area (TPSA) is 26.3 Å². The minimum Gasteiger partial charge on any atom is -0.427 e. The van der Waals surface area contributed by atoms with Crippen molar-refractivity contribution in [1.82, 2.24) is 0 Å². The van der Waals surface area contributed by atoms with Crippen molar-refractivity contribution < 1.29 is 22.7 Å². The summed E-state index contributed by atoms with van der Waals surface area (Å²) in [5, 5.41) is 0. The minimum absolute atomic E-state index is 0.0531. The molecule has 0 spiro atoms. The fourth-order valence-corrected chi connectivity index (χ4v) is 1.69. The summed E-state index contributed by atoms with van der Waals surface area (Å²) in [5.74, 6) is -3.53. The van der Waals surface area contributed by atoms with Crippen molar-refractivity contribution in [2.24, 2.45) is 0 Å². The Labute approximate surface area is 144 Å². The third-order valence-corrected chi connectivity index (χ3v) is 3.01. The molecule has 25 heavy (non-hydrogen) atoms. The Morgan fingerprint density at radius 2 is 1.72 bits per heavy atom. The molecule has 2 nitrogen and oxygen atoms in total. The standard InChI is InChI=1S/C20H17F3O2/c1-12(15(4)19(22)10-14(3)25-16(5)24)6-7-13(2)17-8-9-18(21)20(23)11-17/h6-11H,1-4H2,5H3/b7-6-,19-10+. The SMILES string of the molecule is C=C(/C=C(/F)C(=C)C(=C)/C=C\C(=C)c1ccc(F)c(F)c1)OC(C)=O. The molecule has 0 aromatic heterocycles. The lowest BCUT2D eigenvalue weighted by atomic mass is 10.0. The number of benzene rings is 1. The zero-order valence-electron chi connectivity index (χ0n) is 13.7. The van der Waals surface area contributed by atoms with E-state index < -0.39 is 23.4 Å². The Kier molecular flexibility index (Phi) is 6.93. The number of rotatable bonds is 7. The van der Waals surface area contributed by atoms with E-state index >= 15 is 0 Å². The molecule has 0 radical (unpaired) electrons. The molecule has 1 aromatic rings. The predicted molar refractivity (Wildman–Crippen MR) is 92.9 cm³/mol. The molecule has 0 unspecified atom stereocenters. The number of halogens is 3. The van der Waals surface area contributed by atoms with E-state index in [9.17, 15) is 18.0 Å². The lowest BCUT2D eigenvalue weighted by molar-refractivity contribution is -0.136. The second-order valence-corrected chi connectivity index (χ2v) is 5.04. The monoisotopic (exact) mass is 346 g/mol. The van der Waals surface area contributed by atoms with E-state index in [1.165, 1.54) is 18.2 Å². The highest BCUT2D eigenvalue weighted by molar-refractivity contribution is 5.73. The van der Waals surface area contributed by atoms with Gasteiger partial charge in [0.1, 0.15) is 11.6 Å². The normalized spacial score (nSPS) is 11.3. The van der Waals surface area contributed by atoms with Gasteiger partial charge in [0, 0.05) is 18.6 Å². The van der Waals surface area contributed by atoms with Crippen molar-refractivity contribution in [3.63, 3.8) is 0 Å². The van der Waals surface area contributed by atoms with Gasteiger partial charge in [-0.1, -0.05) is 44.5 Å². The van der Waals surface area contributed by atoms with E-state index in [4.69, 9.17) is 0 Å². The van der Waals surface area contributed by atoms with Gasteiger partial charge in [0.15, 0.2) is 11.6 Å². The van der Waals surface area contributed by atoms with Crippen LogP contribution < -0.4 is 0 Å². The molecule has 1 aromatic carbocycles. The first-order valence-electron chi connectivity index (χ1n) is 7.07. The predicted octanol–water partition coefficient (Wildman–Crippen LogP) is 5.58. The van der Waals surface area contributed by atoms with Gasteiger partial charge >= 0.3 is 5.97 Å². The molecule has 0 aliphatic rings. The molecule has 0 saturated heterocycles. The summed E-state index contributed by atoms with van der Waals surface area (Å²) in [5.41, 5.74) is 0.908. The summed E-state index contributed by atoms with van der Waals surface area (Å²) in [6, 6.07) is 3.36. The van der Waals surface area contributed by atoms with Crippen LogP contribution >= 0.6 is 0 Å². The van der Waals surface area contributed by atoms with Crippen molar-refractivity contribution in [2.45, 2.75) is 6.92 Å². The molecule has 5 heteroatoms. The Hall–Kier alpha value is -3.08. The van der Waals surface area contributed by atoms with Gasteiger partial charge in [-0.25, -0.2) is 13.2 Å². The van der Waals surface area contributed by atoms with E-state index in [1.54, 1.807) is 0 Å². The fraction of sp³-hybridized carbons (Fsp3) is 0.0500. The maximum Gasteiger partial charge on any atom is 0.308 e. The number of allylic oxidation sites excluding steroid dienone is 7. The molecule has 0 saturated carbocycles. The molecule has 0 fully saturated rings. The summed E-state index contributed by atoms with van der Waals surface area (Å²) in [6.45, 7) is 15.5. The highest BCUT2D eigenvalue weighted by Gasteiger charge is 2.07. The van der Waals surface area contributed by atoms with Gasteiger partial charge in [-0.05, 0) is 28.8 Å². The number of esters is 1. The molecule has 0 N–H and O–H groups in total. The van der Waals surface area contributed by atoms with Crippen LogP contribution in [0, 0.1) is 11.6 Å². The lowest BCUT2D eigenvalue weighted by Gasteiger charge is -2.05. The summed E-state index contributed by atoms with van der Waals surface area (Å²) in [7, 11) is 0. The molecular formula is C20H17F3O2. The summed E-state index contributed by atoms with van der Waals surface area (Å²) in [4.78, 5) is 10.8. The second-order valence-electron chi connectivity index (χ2n) is 5.04. The summed E-state index contributed by atoms with van der Waals surface area (Å²) in [6.07, 6.45) is 3.80. The van der Waals surface area contributed by atoms with Crippen LogP contribution in [0.25, 0.3) is 5.57 Å². The maximum absolute atomic E-state index is 14.0. The quantitative estimate of drug-likeness (QED) is 0.366. The van der Waals surface area contributed by atoms with Gasteiger partial charge in [-0.2, -0.15) is 0 Å².